The molecule has 0 aliphatic heterocycles. The molecular weight excluding hydrogens is 315 g/mol. The van der Waals surface area contributed by atoms with Gasteiger partial charge in [0.15, 0.2) is 0 Å². The van der Waals surface area contributed by atoms with Crippen LogP contribution in [0.15, 0.2) is 48.5 Å². The highest BCUT2D eigenvalue weighted by Gasteiger charge is 2.38. The summed E-state index contributed by atoms with van der Waals surface area (Å²) < 4.78 is 37.0. The number of carbonyl (C=O) groups excluding carboxylic acids is 1. The third kappa shape index (κ3) is 4.27. The highest BCUT2D eigenvalue weighted by molar-refractivity contribution is 6.30. The van der Waals surface area contributed by atoms with Crippen molar-refractivity contribution in [3.8, 4) is 11.8 Å². The number of nitrogens with one attached hydrogen (secondary N) is 1. The van der Waals surface area contributed by atoms with Gasteiger partial charge in [-0.2, -0.15) is 13.2 Å². The van der Waals surface area contributed by atoms with E-state index in [4.69, 9.17) is 11.6 Å². The summed E-state index contributed by atoms with van der Waals surface area (Å²) in [5.41, 5.74) is 0.847. The lowest BCUT2D eigenvalue weighted by Gasteiger charge is -2.09. The molecule has 2 rings (SSSR count). The summed E-state index contributed by atoms with van der Waals surface area (Å²) in [4.78, 5) is 11.0. The summed E-state index contributed by atoms with van der Waals surface area (Å²) >= 11 is 5.82. The Labute approximate surface area is 129 Å². The van der Waals surface area contributed by atoms with E-state index in [9.17, 15) is 18.0 Å². The molecule has 0 atom stereocenters. The average Bonchev–Trinajstić information content (AvgIpc) is 2.47. The molecule has 0 fully saturated rings. The predicted molar refractivity (Wildman–Crippen MR) is 78.6 cm³/mol. The van der Waals surface area contributed by atoms with Crippen LogP contribution in [-0.4, -0.2) is 12.1 Å². The Morgan fingerprint density at radius 2 is 1.73 bits per heavy atom. The molecular formula is C16H9ClF3NO. The summed E-state index contributed by atoms with van der Waals surface area (Å²) in [7, 11) is 0. The number of carbonyl (C=O) groups is 1. The minimum atomic E-state index is -4.97. The van der Waals surface area contributed by atoms with Crippen LogP contribution in [0.2, 0.25) is 5.02 Å². The maximum atomic E-state index is 12.3. The fourth-order valence-corrected chi connectivity index (χ4v) is 1.76. The zero-order chi connectivity index (χ0) is 16.2. The first kappa shape index (κ1) is 15.9. The smallest absolute Gasteiger partial charge is 0.317 e. The maximum Gasteiger partial charge on any atom is 0.471 e. The van der Waals surface area contributed by atoms with Gasteiger partial charge in [0.2, 0.25) is 0 Å². The van der Waals surface area contributed by atoms with Crippen molar-refractivity contribution in [2.75, 3.05) is 5.32 Å². The van der Waals surface area contributed by atoms with Crippen LogP contribution < -0.4 is 5.32 Å². The van der Waals surface area contributed by atoms with Crippen LogP contribution in [0.1, 0.15) is 11.1 Å². The molecule has 112 valence electrons. The van der Waals surface area contributed by atoms with E-state index in [1.165, 1.54) is 18.2 Å². The number of hydrogen-bond donors (Lipinski definition) is 1. The van der Waals surface area contributed by atoms with Crippen LogP contribution >= 0.6 is 11.6 Å². The first-order chi connectivity index (χ1) is 10.4. The van der Waals surface area contributed by atoms with Crippen LogP contribution in [0.5, 0.6) is 0 Å². The van der Waals surface area contributed by atoms with Crippen LogP contribution in [-0.2, 0) is 4.79 Å². The molecule has 0 saturated heterocycles. The normalized spacial score (nSPS) is 10.5. The molecule has 0 aliphatic rings. The van der Waals surface area contributed by atoms with Crippen molar-refractivity contribution in [1.82, 2.24) is 0 Å². The van der Waals surface area contributed by atoms with E-state index in [2.05, 4.69) is 11.8 Å². The summed E-state index contributed by atoms with van der Waals surface area (Å²) in [6.45, 7) is 0. The minimum Gasteiger partial charge on any atom is -0.317 e. The van der Waals surface area contributed by atoms with E-state index in [0.717, 1.165) is 0 Å². The Hall–Kier alpha value is -2.45. The van der Waals surface area contributed by atoms with Crippen molar-refractivity contribution in [1.29, 1.82) is 0 Å². The van der Waals surface area contributed by atoms with Crippen molar-refractivity contribution < 1.29 is 18.0 Å². The molecule has 0 spiro atoms. The van der Waals surface area contributed by atoms with Gasteiger partial charge in [-0.15, -0.1) is 0 Å². The van der Waals surface area contributed by atoms with Gasteiger partial charge in [0, 0.05) is 16.1 Å². The predicted octanol–water partition coefficient (Wildman–Crippen LogP) is 4.24. The number of hydrogen-bond acceptors (Lipinski definition) is 1. The topological polar surface area (TPSA) is 29.1 Å². The Morgan fingerprint density at radius 1 is 1.05 bits per heavy atom. The highest BCUT2D eigenvalue weighted by atomic mass is 35.5. The Kier molecular flexibility index (Phi) is 4.74. The lowest BCUT2D eigenvalue weighted by molar-refractivity contribution is -0.167. The molecule has 0 heterocycles. The van der Waals surface area contributed by atoms with E-state index in [1.54, 1.807) is 29.6 Å². The summed E-state index contributed by atoms with van der Waals surface area (Å²) in [6.07, 6.45) is -4.97. The van der Waals surface area contributed by atoms with Gasteiger partial charge in [-0.1, -0.05) is 41.6 Å². The van der Waals surface area contributed by atoms with Gasteiger partial charge in [-0.05, 0) is 30.3 Å². The third-order valence-corrected chi connectivity index (χ3v) is 2.84. The second kappa shape index (κ2) is 6.54. The van der Waals surface area contributed by atoms with Crippen LogP contribution in [0.3, 0.4) is 0 Å². The van der Waals surface area contributed by atoms with Crippen LogP contribution in [0.4, 0.5) is 18.9 Å². The average molecular weight is 324 g/mol. The number of halogens is 4. The fraction of sp³-hybridized carbons (Fsp3) is 0.0625. The molecule has 1 N–H and O–H groups in total. The molecule has 2 aromatic rings. The molecule has 0 unspecified atom stereocenters. The monoisotopic (exact) mass is 323 g/mol. The number of benzene rings is 2. The van der Waals surface area contributed by atoms with Crippen molar-refractivity contribution in [2.24, 2.45) is 0 Å². The first-order valence-electron chi connectivity index (χ1n) is 6.11. The highest BCUT2D eigenvalue weighted by Crippen LogP contribution is 2.23. The Balaban J connectivity index is 2.33. The zero-order valence-corrected chi connectivity index (χ0v) is 11.8. The van der Waals surface area contributed by atoms with Crippen molar-refractivity contribution in [3.63, 3.8) is 0 Å². The SMILES string of the molecule is O=C(Nc1ccc(Cl)cc1C#Cc1ccccc1)C(F)(F)F. The van der Waals surface area contributed by atoms with Gasteiger partial charge in [-0.3, -0.25) is 4.79 Å². The molecule has 0 saturated carbocycles. The summed E-state index contributed by atoms with van der Waals surface area (Å²) in [6, 6.07) is 12.9. The molecule has 0 radical (unpaired) electrons. The molecule has 6 heteroatoms. The van der Waals surface area contributed by atoms with E-state index >= 15 is 0 Å². The lowest BCUT2D eigenvalue weighted by atomic mass is 10.1. The number of rotatable bonds is 1. The number of alkyl halides is 3. The van der Waals surface area contributed by atoms with Gasteiger partial charge in [0.05, 0.1) is 5.69 Å². The molecule has 2 aromatic carbocycles. The lowest BCUT2D eigenvalue weighted by Crippen LogP contribution is -2.30. The van der Waals surface area contributed by atoms with Gasteiger partial charge in [-0.25, -0.2) is 0 Å². The van der Waals surface area contributed by atoms with E-state index < -0.39 is 12.1 Å². The molecule has 22 heavy (non-hydrogen) atoms. The van der Waals surface area contributed by atoms with Crippen molar-refractivity contribution in [2.45, 2.75) is 6.18 Å². The first-order valence-corrected chi connectivity index (χ1v) is 6.49. The number of anilines is 1. The van der Waals surface area contributed by atoms with Gasteiger partial charge < -0.3 is 5.32 Å². The van der Waals surface area contributed by atoms with Crippen molar-refractivity contribution in [3.05, 3.63) is 64.7 Å². The second-order valence-corrected chi connectivity index (χ2v) is 4.69. The van der Waals surface area contributed by atoms with E-state index in [-0.39, 0.29) is 11.3 Å². The Bertz CT molecular complexity index is 745. The van der Waals surface area contributed by atoms with Crippen molar-refractivity contribution >= 4 is 23.2 Å². The standard InChI is InChI=1S/C16H9ClF3NO/c17-13-8-9-14(21-15(22)16(18,19)20)12(10-13)7-6-11-4-2-1-3-5-11/h1-5,8-10H,(H,21,22). The third-order valence-electron chi connectivity index (χ3n) is 2.60. The van der Waals surface area contributed by atoms with E-state index in [1.807, 2.05) is 6.07 Å². The van der Waals surface area contributed by atoms with Crippen LogP contribution in [0.25, 0.3) is 0 Å². The quantitative estimate of drug-likeness (QED) is 0.781. The van der Waals surface area contributed by atoms with Gasteiger partial charge >= 0.3 is 12.1 Å². The summed E-state index contributed by atoms with van der Waals surface area (Å²) in [5, 5.41) is 2.10. The largest absolute Gasteiger partial charge is 0.471 e. The minimum absolute atomic E-state index is 0.0462. The van der Waals surface area contributed by atoms with E-state index in [0.29, 0.717) is 10.6 Å². The Morgan fingerprint density at radius 3 is 2.36 bits per heavy atom. The molecule has 0 bridgehead atoms. The van der Waals surface area contributed by atoms with Crippen LogP contribution in [0, 0.1) is 11.8 Å². The summed E-state index contributed by atoms with van der Waals surface area (Å²) in [5.74, 6) is 3.45. The molecule has 2 nitrogen and oxygen atoms in total. The zero-order valence-electron chi connectivity index (χ0n) is 11.0. The van der Waals surface area contributed by atoms with Gasteiger partial charge in [0.1, 0.15) is 0 Å². The fourth-order valence-electron chi connectivity index (χ4n) is 1.58. The second-order valence-electron chi connectivity index (χ2n) is 4.26. The molecule has 0 aromatic heterocycles. The van der Waals surface area contributed by atoms with Gasteiger partial charge in [0.25, 0.3) is 0 Å². The maximum absolute atomic E-state index is 12.3. The molecule has 0 aliphatic carbocycles. The number of amides is 1. The molecule has 1 amide bonds.